The van der Waals surface area contributed by atoms with Gasteiger partial charge in [0.25, 0.3) is 5.56 Å². The fraction of sp³-hybridized carbons (Fsp3) is 0. The molecule has 0 fully saturated rings. The van der Waals surface area contributed by atoms with Crippen LogP contribution in [0.15, 0.2) is 21.9 Å². The molecular formula is C4H5KN2O3. The van der Waals surface area contributed by atoms with Crippen molar-refractivity contribution in [1.29, 1.82) is 0 Å². The van der Waals surface area contributed by atoms with Gasteiger partial charge >= 0.3 is 57.1 Å². The van der Waals surface area contributed by atoms with Crippen LogP contribution in [0.4, 0.5) is 0 Å². The first-order chi connectivity index (χ1) is 3.79. The Morgan fingerprint density at radius 2 is 1.90 bits per heavy atom. The summed E-state index contributed by atoms with van der Waals surface area (Å²) >= 11 is 0. The van der Waals surface area contributed by atoms with Crippen LogP contribution in [0.25, 0.3) is 0 Å². The van der Waals surface area contributed by atoms with Crippen LogP contribution in [0.5, 0.6) is 0 Å². The van der Waals surface area contributed by atoms with Crippen molar-refractivity contribution in [1.82, 2.24) is 9.97 Å². The minimum atomic E-state index is -0.475. The second kappa shape index (κ2) is 6.02. The summed E-state index contributed by atoms with van der Waals surface area (Å²) in [7, 11) is 0. The number of rotatable bonds is 0. The second-order valence-electron chi connectivity index (χ2n) is 1.30. The minimum Gasteiger partial charge on any atom is -0.870 e. The summed E-state index contributed by atoms with van der Waals surface area (Å²) in [4.78, 5) is 24.7. The summed E-state index contributed by atoms with van der Waals surface area (Å²) in [6.07, 6.45) is 1.29. The molecule has 0 radical (unpaired) electrons. The maximum absolute atomic E-state index is 10.2. The second-order valence-corrected chi connectivity index (χ2v) is 1.30. The Morgan fingerprint density at radius 1 is 1.30 bits per heavy atom. The maximum Gasteiger partial charge on any atom is 1.00 e. The molecule has 0 atom stereocenters. The van der Waals surface area contributed by atoms with Crippen LogP contribution < -0.4 is 62.6 Å². The Balaban J connectivity index is 0. The summed E-state index contributed by atoms with van der Waals surface area (Å²) < 4.78 is 0. The average molecular weight is 168 g/mol. The van der Waals surface area contributed by atoms with Crippen molar-refractivity contribution in [2.24, 2.45) is 0 Å². The Bertz CT molecular complexity index is 253. The van der Waals surface area contributed by atoms with Gasteiger partial charge in [-0.3, -0.25) is 9.78 Å². The Kier molecular flexibility index (Phi) is 7.77. The third-order valence-electron chi connectivity index (χ3n) is 0.686. The van der Waals surface area contributed by atoms with Gasteiger partial charge in [0.15, 0.2) is 0 Å². The molecule has 1 aromatic heterocycles. The molecule has 0 spiro atoms. The quantitative estimate of drug-likeness (QED) is 0.385. The van der Waals surface area contributed by atoms with Gasteiger partial charge in [-0.05, 0) is 0 Å². The molecule has 10 heavy (non-hydrogen) atoms. The zero-order chi connectivity index (χ0) is 5.98. The molecule has 0 unspecified atom stereocenters. The van der Waals surface area contributed by atoms with E-state index in [0.717, 1.165) is 0 Å². The van der Waals surface area contributed by atoms with E-state index >= 15 is 0 Å². The van der Waals surface area contributed by atoms with Gasteiger partial charge in [0.1, 0.15) is 0 Å². The molecule has 0 bridgehead atoms. The largest absolute Gasteiger partial charge is 1.00 e. The normalized spacial score (nSPS) is 7.20. The number of aromatic amines is 2. The van der Waals surface area contributed by atoms with E-state index in [2.05, 4.69) is 4.98 Å². The van der Waals surface area contributed by atoms with Gasteiger partial charge in [0.2, 0.25) is 0 Å². The Hall–Kier alpha value is 0.276. The molecule has 3 N–H and O–H groups in total. The summed E-state index contributed by atoms with van der Waals surface area (Å²) in [6.45, 7) is 0. The van der Waals surface area contributed by atoms with Gasteiger partial charge in [0.05, 0.1) is 0 Å². The Morgan fingerprint density at radius 3 is 2.20 bits per heavy atom. The van der Waals surface area contributed by atoms with E-state index in [1.54, 1.807) is 0 Å². The molecule has 0 aromatic carbocycles. The van der Waals surface area contributed by atoms with E-state index in [0.29, 0.717) is 0 Å². The first-order valence-electron chi connectivity index (χ1n) is 2.07. The van der Waals surface area contributed by atoms with Crippen molar-refractivity contribution < 1.29 is 56.9 Å². The minimum absolute atomic E-state index is 0. The van der Waals surface area contributed by atoms with Gasteiger partial charge in [0, 0.05) is 12.3 Å². The summed E-state index contributed by atoms with van der Waals surface area (Å²) in [5, 5.41) is 0. The van der Waals surface area contributed by atoms with Crippen LogP contribution in [0.3, 0.4) is 0 Å². The average Bonchev–Trinajstić information content (AvgIpc) is 1.64. The smallest absolute Gasteiger partial charge is 0.870 e. The number of nitrogens with one attached hydrogen (secondary N) is 2. The van der Waals surface area contributed by atoms with Crippen LogP contribution in [-0.4, -0.2) is 15.4 Å². The molecule has 1 rings (SSSR count). The van der Waals surface area contributed by atoms with E-state index in [9.17, 15) is 9.59 Å². The molecular weight excluding hydrogens is 163 g/mol. The predicted molar refractivity (Wildman–Crippen MR) is 29.6 cm³/mol. The standard InChI is InChI=1S/C4H4N2O2.K.H2O/c7-3-1-2-5-4(8)6-3;;/h1-2H,(H2,5,6,7,8);;1H2/q;+1;/p-1. The number of H-pyrrole nitrogens is 2. The van der Waals surface area contributed by atoms with E-state index in [4.69, 9.17) is 0 Å². The third kappa shape index (κ3) is 4.15. The summed E-state index contributed by atoms with van der Waals surface area (Å²) in [6, 6.07) is 1.24. The first-order valence-corrected chi connectivity index (χ1v) is 2.07. The van der Waals surface area contributed by atoms with Crippen LogP contribution in [0.1, 0.15) is 0 Å². The fourth-order valence-electron chi connectivity index (χ4n) is 0.383. The van der Waals surface area contributed by atoms with Crippen molar-refractivity contribution in [2.45, 2.75) is 0 Å². The number of hydrogen-bond acceptors (Lipinski definition) is 3. The van der Waals surface area contributed by atoms with E-state index < -0.39 is 5.69 Å². The molecule has 50 valence electrons. The van der Waals surface area contributed by atoms with Crippen LogP contribution in [0.2, 0.25) is 0 Å². The molecule has 6 heteroatoms. The molecule has 1 aromatic rings. The molecule has 0 amide bonds. The van der Waals surface area contributed by atoms with Crippen LogP contribution in [0, 0.1) is 0 Å². The summed E-state index contributed by atoms with van der Waals surface area (Å²) in [5.41, 5.74) is -0.855. The van der Waals surface area contributed by atoms with E-state index in [1.807, 2.05) is 4.98 Å². The van der Waals surface area contributed by atoms with Crippen molar-refractivity contribution in [3.8, 4) is 0 Å². The molecule has 0 saturated carbocycles. The van der Waals surface area contributed by atoms with Crippen molar-refractivity contribution in [2.75, 3.05) is 0 Å². The predicted octanol–water partition coefficient (Wildman–Crippen LogP) is -4.11. The third-order valence-corrected chi connectivity index (χ3v) is 0.686. The zero-order valence-corrected chi connectivity index (χ0v) is 8.54. The van der Waals surface area contributed by atoms with E-state index in [1.165, 1.54) is 12.3 Å². The first kappa shape index (κ1) is 12.9. The maximum atomic E-state index is 10.2. The van der Waals surface area contributed by atoms with Gasteiger partial charge < -0.3 is 10.5 Å². The van der Waals surface area contributed by atoms with Gasteiger partial charge in [-0.1, -0.05) is 0 Å². The topological polar surface area (TPSA) is 95.7 Å². The zero-order valence-electron chi connectivity index (χ0n) is 5.42. The van der Waals surface area contributed by atoms with Crippen molar-refractivity contribution in [3.63, 3.8) is 0 Å². The van der Waals surface area contributed by atoms with E-state index in [-0.39, 0.29) is 62.4 Å². The molecule has 5 nitrogen and oxygen atoms in total. The summed E-state index contributed by atoms with van der Waals surface area (Å²) in [5.74, 6) is 0. The van der Waals surface area contributed by atoms with Crippen LogP contribution >= 0.6 is 0 Å². The molecule has 0 aliphatic rings. The Labute approximate surface area is 98.6 Å². The molecule has 1 heterocycles. The molecule has 0 aliphatic carbocycles. The van der Waals surface area contributed by atoms with Crippen molar-refractivity contribution >= 4 is 0 Å². The monoisotopic (exact) mass is 168 g/mol. The fourth-order valence-corrected chi connectivity index (χ4v) is 0.383. The van der Waals surface area contributed by atoms with Gasteiger partial charge in [-0.2, -0.15) is 0 Å². The van der Waals surface area contributed by atoms with Gasteiger partial charge in [-0.25, -0.2) is 4.79 Å². The van der Waals surface area contributed by atoms with Crippen molar-refractivity contribution in [3.05, 3.63) is 33.1 Å². The molecule has 0 saturated heterocycles. The number of hydrogen-bond donors (Lipinski definition) is 2. The van der Waals surface area contributed by atoms with Crippen LogP contribution in [-0.2, 0) is 0 Å². The SMILES string of the molecule is O=c1cc[nH]c(=O)[nH]1.[K+].[OH-]. The van der Waals surface area contributed by atoms with Gasteiger partial charge in [-0.15, -0.1) is 0 Å². The number of aromatic nitrogens is 2. The molecule has 0 aliphatic heterocycles.